The molecular weight excluding hydrogens is 416 g/mol. The largest absolute Gasteiger partial charge is 0.466 e. The molecule has 1 amide bonds. The van der Waals surface area contributed by atoms with Crippen LogP contribution in [0.25, 0.3) is 10.8 Å². The highest BCUT2D eigenvalue weighted by molar-refractivity contribution is 6.00. The van der Waals surface area contributed by atoms with E-state index >= 15 is 0 Å². The minimum Gasteiger partial charge on any atom is -0.466 e. The van der Waals surface area contributed by atoms with E-state index in [9.17, 15) is 27.2 Å². The van der Waals surface area contributed by atoms with Gasteiger partial charge in [0.1, 0.15) is 5.82 Å². The van der Waals surface area contributed by atoms with Crippen molar-refractivity contribution in [1.82, 2.24) is 0 Å². The lowest BCUT2D eigenvalue weighted by Gasteiger charge is -2.19. The Morgan fingerprint density at radius 3 is 2.39 bits per heavy atom. The summed E-state index contributed by atoms with van der Waals surface area (Å²) in [4.78, 5) is 23.3. The molecule has 0 aliphatic carbocycles. The van der Waals surface area contributed by atoms with E-state index in [4.69, 9.17) is 10.5 Å². The zero-order valence-electron chi connectivity index (χ0n) is 16.3. The molecular formula is C22H18F4N2O3. The van der Waals surface area contributed by atoms with Crippen LogP contribution in [-0.4, -0.2) is 18.5 Å². The number of fused-ring (bicyclic) bond motifs is 1. The average molecular weight is 434 g/mol. The minimum absolute atomic E-state index is 0.0129. The summed E-state index contributed by atoms with van der Waals surface area (Å²) in [5, 5.41) is 1.67. The quantitative estimate of drug-likeness (QED) is 0.339. The van der Waals surface area contributed by atoms with Gasteiger partial charge in [0.25, 0.3) is 5.91 Å². The molecule has 5 nitrogen and oxygen atoms in total. The van der Waals surface area contributed by atoms with Crippen LogP contribution in [0.1, 0.15) is 18.1 Å². The Labute approximate surface area is 174 Å². The molecule has 3 aromatic carbocycles. The lowest BCUT2D eigenvalue weighted by atomic mass is 9.98. The van der Waals surface area contributed by atoms with Gasteiger partial charge in [0, 0.05) is 35.5 Å². The van der Waals surface area contributed by atoms with Gasteiger partial charge in [-0.15, -0.1) is 0 Å². The Morgan fingerprint density at radius 2 is 1.71 bits per heavy atom. The van der Waals surface area contributed by atoms with Gasteiger partial charge in [-0.3, -0.25) is 9.59 Å². The Morgan fingerprint density at radius 1 is 1.03 bits per heavy atom. The number of carbonyl (C=O) groups is 2. The molecule has 0 saturated heterocycles. The fraction of sp³-hybridized carbons (Fsp3) is 0.182. The number of carbonyl (C=O) groups excluding carboxylic acids is 2. The van der Waals surface area contributed by atoms with Crippen LogP contribution in [0.15, 0.2) is 48.5 Å². The second-order valence-corrected chi connectivity index (χ2v) is 6.75. The highest BCUT2D eigenvalue weighted by Crippen LogP contribution is 2.36. The molecule has 3 rings (SSSR count). The van der Waals surface area contributed by atoms with Crippen LogP contribution < -0.4 is 11.1 Å². The van der Waals surface area contributed by atoms with Crippen LogP contribution >= 0.6 is 0 Å². The number of nitrogens with one attached hydrogen (secondary N) is 1. The van der Waals surface area contributed by atoms with E-state index in [0.717, 1.165) is 18.2 Å². The summed E-state index contributed by atoms with van der Waals surface area (Å²) in [7, 11) is 0. The number of hydrogen-bond donors (Lipinski definition) is 2. The van der Waals surface area contributed by atoms with Crippen molar-refractivity contribution >= 4 is 34.0 Å². The Kier molecular flexibility index (Phi) is 6.14. The van der Waals surface area contributed by atoms with Gasteiger partial charge in [0.2, 0.25) is 0 Å². The Hall–Kier alpha value is -3.62. The van der Waals surface area contributed by atoms with E-state index in [-0.39, 0.29) is 35.1 Å². The van der Waals surface area contributed by atoms with E-state index in [2.05, 4.69) is 0 Å². The number of nitrogen functional groups attached to an aromatic ring is 1. The maximum absolute atomic E-state index is 15.0. The van der Waals surface area contributed by atoms with E-state index in [1.165, 1.54) is 37.3 Å². The van der Waals surface area contributed by atoms with Crippen molar-refractivity contribution in [3.8, 4) is 0 Å². The Bertz CT molecular complexity index is 1160. The number of nitrogens with two attached hydrogens (primary N) is 1. The zero-order valence-corrected chi connectivity index (χ0v) is 16.3. The number of ether oxygens (including phenoxy) is 1. The highest BCUT2D eigenvalue weighted by Gasteiger charge is 2.42. The van der Waals surface area contributed by atoms with Crippen LogP contribution in [0.4, 0.5) is 28.9 Å². The third kappa shape index (κ3) is 4.45. The molecule has 31 heavy (non-hydrogen) atoms. The smallest absolute Gasteiger partial charge is 0.350 e. The number of esters is 1. The van der Waals surface area contributed by atoms with Crippen molar-refractivity contribution in [2.24, 2.45) is 0 Å². The number of halogens is 4. The van der Waals surface area contributed by atoms with Gasteiger partial charge in [-0.05, 0) is 29.7 Å². The van der Waals surface area contributed by atoms with E-state index in [1.807, 2.05) is 5.32 Å². The first-order chi connectivity index (χ1) is 14.6. The van der Waals surface area contributed by atoms with Gasteiger partial charge < -0.3 is 15.8 Å². The number of alkyl halides is 2. The molecule has 0 aromatic heterocycles. The first kappa shape index (κ1) is 22.1. The van der Waals surface area contributed by atoms with Gasteiger partial charge >= 0.3 is 11.9 Å². The first-order valence-electron chi connectivity index (χ1n) is 9.20. The van der Waals surface area contributed by atoms with Gasteiger partial charge in [0.15, 0.2) is 5.82 Å². The average Bonchev–Trinajstić information content (AvgIpc) is 2.72. The van der Waals surface area contributed by atoms with Gasteiger partial charge in [-0.2, -0.15) is 8.78 Å². The van der Waals surface area contributed by atoms with E-state index in [1.54, 1.807) is 0 Å². The molecule has 0 saturated carbocycles. The summed E-state index contributed by atoms with van der Waals surface area (Å²) < 4.78 is 63.4. The van der Waals surface area contributed by atoms with Crippen LogP contribution in [0.3, 0.4) is 0 Å². The second-order valence-electron chi connectivity index (χ2n) is 6.75. The van der Waals surface area contributed by atoms with Crippen LogP contribution in [-0.2, 0) is 26.7 Å². The first-order valence-corrected chi connectivity index (χ1v) is 9.20. The fourth-order valence-electron chi connectivity index (χ4n) is 3.14. The highest BCUT2D eigenvalue weighted by atomic mass is 19.3. The van der Waals surface area contributed by atoms with Gasteiger partial charge in [0.05, 0.1) is 12.3 Å². The third-order valence-corrected chi connectivity index (χ3v) is 4.68. The monoisotopic (exact) mass is 434 g/mol. The molecule has 0 aliphatic rings. The van der Waals surface area contributed by atoms with Crippen molar-refractivity contribution in [1.29, 1.82) is 0 Å². The topological polar surface area (TPSA) is 81.4 Å². The number of amides is 1. The molecule has 0 radical (unpaired) electrons. The number of anilines is 2. The summed E-state index contributed by atoms with van der Waals surface area (Å²) in [5.74, 6) is -8.18. The maximum atomic E-state index is 15.0. The van der Waals surface area contributed by atoms with Crippen LogP contribution in [0, 0.1) is 11.6 Å². The Balaban J connectivity index is 1.91. The number of rotatable bonds is 6. The molecule has 0 fully saturated rings. The predicted molar refractivity (Wildman–Crippen MR) is 108 cm³/mol. The van der Waals surface area contributed by atoms with Gasteiger partial charge in [-0.1, -0.05) is 24.3 Å². The minimum atomic E-state index is -4.08. The zero-order chi connectivity index (χ0) is 22.8. The van der Waals surface area contributed by atoms with Gasteiger partial charge in [-0.25, -0.2) is 8.78 Å². The summed E-state index contributed by atoms with van der Waals surface area (Å²) in [6.45, 7) is 1.00. The SMILES string of the molecule is CC(=O)OCCc1c(N)ccc(NC(=O)C(F)(F)c2ccc(F)c3ccccc23)c1F. The van der Waals surface area contributed by atoms with Crippen LogP contribution in [0.5, 0.6) is 0 Å². The van der Waals surface area contributed by atoms with Crippen molar-refractivity contribution < 1.29 is 31.9 Å². The maximum Gasteiger partial charge on any atom is 0.350 e. The van der Waals surface area contributed by atoms with Crippen molar-refractivity contribution in [2.45, 2.75) is 19.3 Å². The molecule has 3 N–H and O–H groups in total. The molecule has 9 heteroatoms. The molecule has 0 heterocycles. The van der Waals surface area contributed by atoms with E-state index in [0.29, 0.717) is 0 Å². The van der Waals surface area contributed by atoms with Crippen molar-refractivity contribution in [2.75, 3.05) is 17.7 Å². The third-order valence-electron chi connectivity index (χ3n) is 4.68. The van der Waals surface area contributed by atoms with Crippen molar-refractivity contribution in [3.05, 3.63) is 71.3 Å². The standard InChI is InChI=1S/C22H18F4N2O3/c1-12(29)31-11-10-15-18(27)8-9-19(20(15)24)28-21(30)22(25,26)16-6-7-17(23)14-5-3-2-4-13(14)16/h2-9H,10-11,27H2,1H3,(H,28,30). The summed E-state index contributed by atoms with van der Waals surface area (Å²) >= 11 is 0. The molecule has 162 valence electrons. The van der Waals surface area contributed by atoms with Crippen LogP contribution in [0.2, 0.25) is 0 Å². The lowest BCUT2D eigenvalue weighted by molar-refractivity contribution is -0.141. The molecule has 0 unspecified atom stereocenters. The number of hydrogen-bond acceptors (Lipinski definition) is 4. The van der Waals surface area contributed by atoms with Crippen molar-refractivity contribution in [3.63, 3.8) is 0 Å². The molecule has 3 aromatic rings. The van der Waals surface area contributed by atoms with E-state index < -0.39 is 40.7 Å². The fourth-order valence-corrected chi connectivity index (χ4v) is 3.14. The second kappa shape index (κ2) is 8.63. The predicted octanol–water partition coefficient (Wildman–Crippen LogP) is 4.54. The normalized spacial score (nSPS) is 11.4. The summed E-state index contributed by atoms with van der Waals surface area (Å²) in [6.07, 6.45) is -0.111. The molecule has 0 aliphatic heterocycles. The lowest BCUT2D eigenvalue weighted by Crippen LogP contribution is -2.33. The molecule has 0 atom stereocenters. The molecule has 0 bridgehead atoms. The molecule has 0 spiro atoms. The summed E-state index contributed by atoms with van der Waals surface area (Å²) in [6, 6.07) is 9.46. The number of benzene rings is 3. The summed E-state index contributed by atoms with van der Waals surface area (Å²) in [5.41, 5.74) is 4.41.